The first-order chi connectivity index (χ1) is 11.9. The van der Waals surface area contributed by atoms with Crippen LogP contribution in [0, 0.1) is 6.92 Å². The Morgan fingerprint density at radius 3 is 2.64 bits per heavy atom. The van der Waals surface area contributed by atoms with E-state index < -0.39 is 0 Å². The Balaban J connectivity index is 2.16. The number of benzene rings is 2. The topological polar surface area (TPSA) is 47.9 Å². The summed E-state index contributed by atoms with van der Waals surface area (Å²) in [5.74, 6) is 0.314. The van der Waals surface area contributed by atoms with Crippen LogP contribution < -0.4 is 4.74 Å². The molecule has 0 unspecified atom stereocenters. The smallest absolute Gasteiger partial charge is 0.337 e. The molecule has 2 rings (SSSR count). The molecule has 0 fully saturated rings. The van der Waals surface area contributed by atoms with E-state index in [1.807, 2.05) is 32.0 Å². The van der Waals surface area contributed by atoms with E-state index in [1.54, 1.807) is 24.4 Å². The van der Waals surface area contributed by atoms with Gasteiger partial charge in [-0.3, -0.25) is 4.99 Å². The second kappa shape index (κ2) is 8.67. The maximum atomic E-state index is 11.5. The number of aliphatic imine (C=N–C) groups is 1. The van der Waals surface area contributed by atoms with Gasteiger partial charge in [0.25, 0.3) is 0 Å². The third-order valence-corrected chi connectivity index (χ3v) is 4.12. The van der Waals surface area contributed by atoms with Crippen molar-refractivity contribution in [1.82, 2.24) is 0 Å². The quantitative estimate of drug-likeness (QED) is 0.515. The number of rotatable bonds is 6. The molecule has 0 aliphatic rings. The Labute approximate surface area is 153 Å². The maximum Gasteiger partial charge on any atom is 0.337 e. The van der Waals surface area contributed by atoms with E-state index >= 15 is 0 Å². The summed E-state index contributed by atoms with van der Waals surface area (Å²) in [7, 11) is 1.36. The van der Waals surface area contributed by atoms with Gasteiger partial charge in [-0.2, -0.15) is 0 Å². The van der Waals surface area contributed by atoms with Crippen molar-refractivity contribution in [3.63, 3.8) is 0 Å². The number of carbonyl (C=O) groups excluding carboxylic acids is 1. The van der Waals surface area contributed by atoms with Crippen molar-refractivity contribution in [2.45, 2.75) is 33.3 Å². The van der Waals surface area contributed by atoms with E-state index in [1.165, 1.54) is 7.11 Å². The minimum Gasteiger partial charge on any atom is -0.489 e. The number of halogens is 1. The van der Waals surface area contributed by atoms with E-state index in [0.29, 0.717) is 16.3 Å². The third kappa shape index (κ3) is 5.07. The monoisotopic (exact) mass is 359 g/mol. The number of ether oxygens (including phenoxy) is 2. The molecule has 0 saturated carbocycles. The molecule has 2 aromatic carbocycles. The molecule has 25 heavy (non-hydrogen) atoms. The zero-order valence-corrected chi connectivity index (χ0v) is 15.6. The molecule has 0 aliphatic heterocycles. The Kier molecular flexibility index (Phi) is 6.59. The van der Waals surface area contributed by atoms with Gasteiger partial charge in [0.15, 0.2) is 0 Å². The average Bonchev–Trinajstić information content (AvgIpc) is 2.61. The molecule has 0 aliphatic carbocycles. The van der Waals surface area contributed by atoms with Gasteiger partial charge in [0.2, 0.25) is 0 Å². The molecule has 0 bridgehead atoms. The summed E-state index contributed by atoms with van der Waals surface area (Å²) in [5, 5.41) is 0.557. The Hall–Kier alpha value is -2.33. The lowest BCUT2D eigenvalue weighted by Crippen LogP contribution is -2.09. The normalized spacial score (nSPS) is 12.2. The van der Waals surface area contributed by atoms with Crippen LogP contribution in [0.4, 0.5) is 5.69 Å². The molecule has 2 aromatic rings. The fraction of sp³-hybridized carbons (Fsp3) is 0.300. The first-order valence-electron chi connectivity index (χ1n) is 8.13. The highest BCUT2D eigenvalue weighted by Crippen LogP contribution is 2.27. The fourth-order valence-electron chi connectivity index (χ4n) is 2.18. The molecule has 1 atom stereocenters. The molecule has 0 heterocycles. The first-order valence-corrected chi connectivity index (χ1v) is 8.51. The van der Waals surface area contributed by atoms with Gasteiger partial charge in [0.05, 0.1) is 29.5 Å². The molecule has 0 saturated heterocycles. The molecule has 132 valence electrons. The molecule has 0 N–H and O–H groups in total. The second-order valence-electron chi connectivity index (χ2n) is 5.78. The van der Waals surface area contributed by atoms with Crippen molar-refractivity contribution >= 4 is 29.5 Å². The van der Waals surface area contributed by atoms with Gasteiger partial charge in [-0.15, -0.1) is 0 Å². The van der Waals surface area contributed by atoms with Crippen LogP contribution in [0.2, 0.25) is 5.02 Å². The number of carbonyl (C=O) groups is 1. The van der Waals surface area contributed by atoms with Gasteiger partial charge < -0.3 is 9.47 Å². The van der Waals surface area contributed by atoms with Crippen LogP contribution in [-0.2, 0) is 4.74 Å². The lowest BCUT2D eigenvalue weighted by atomic mass is 10.1. The van der Waals surface area contributed by atoms with Crippen LogP contribution in [0.3, 0.4) is 0 Å². The number of methoxy groups -OCH3 is 1. The average molecular weight is 360 g/mol. The molecule has 0 radical (unpaired) electrons. The van der Waals surface area contributed by atoms with Gasteiger partial charge in [0.1, 0.15) is 5.75 Å². The lowest BCUT2D eigenvalue weighted by molar-refractivity contribution is 0.0600. The summed E-state index contributed by atoms with van der Waals surface area (Å²) in [4.78, 5) is 16.0. The van der Waals surface area contributed by atoms with E-state index in [9.17, 15) is 4.79 Å². The van der Waals surface area contributed by atoms with Gasteiger partial charge in [-0.1, -0.05) is 18.5 Å². The summed E-state index contributed by atoms with van der Waals surface area (Å²) < 4.78 is 10.5. The SMILES string of the molecule is CC[C@H](C)Oc1ccc(C=Nc2ccc(C(=O)OC)cc2C)cc1Cl. The summed E-state index contributed by atoms with van der Waals surface area (Å²) in [6, 6.07) is 10.8. The van der Waals surface area contributed by atoms with Crippen LogP contribution >= 0.6 is 11.6 Å². The molecule has 0 aromatic heterocycles. The van der Waals surface area contributed by atoms with Crippen molar-refractivity contribution in [2.75, 3.05) is 7.11 Å². The van der Waals surface area contributed by atoms with E-state index in [0.717, 1.165) is 23.2 Å². The molecule has 4 nitrogen and oxygen atoms in total. The van der Waals surface area contributed by atoms with Crippen molar-refractivity contribution < 1.29 is 14.3 Å². The summed E-state index contributed by atoms with van der Waals surface area (Å²) in [6.45, 7) is 5.97. The fourth-order valence-corrected chi connectivity index (χ4v) is 2.42. The zero-order valence-electron chi connectivity index (χ0n) is 14.9. The largest absolute Gasteiger partial charge is 0.489 e. The predicted molar refractivity (Wildman–Crippen MR) is 102 cm³/mol. The highest BCUT2D eigenvalue weighted by atomic mass is 35.5. The minimum absolute atomic E-state index is 0.119. The third-order valence-electron chi connectivity index (χ3n) is 3.83. The Morgan fingerprint density at radius 2 is 2.04 bits per heavy atom. The van der Waals surface area contributed by atoms with Crippen LogP contribution in [0.5, 0.6) is 5.75 Å². The lowest BCUT2D eigenvalue weighted by Gasteiger charge is -2.13. The van der Waals surface area contributed by atoms with Gasteiger partial charge >= 0.3 is 5.97 Å². The predicted octanol–water partition coefficient (Wildman–Crippen LogP) is 5.36. The van der Waals surface area contributed by atoms with Crippen LogP contribution in [0.25, 0.3) is 0 Å². The molecular weight excluding hydrogens is 338 g/mol. The highest BCUT2D eigenvalue weighted by molar-refractivity contribution is 6.32. The summed E-state index contributed by atoms with van der Waals surface area (Å²) >= 11 is 6.28. The first kappa shape index (κ1) is 19.0. The Bertz CT molecular complexity index is 787. The van der Waals surface area contributed by atoms with E-state index in [-0.39, 0.29) is 12.1 Å². The zero-order chi connectivity index (χ0) is 18.4. The van der Waals surface area contributed by atoms with E-state index in [4.69, 9.17) is 21.1 Å². The van der Waals surface area contributed by atoms with Gasteiger partial charge in [-0.25, -0.2) is 4.79 Å². The molecule has 0 spiro atoms. The van der Waals surface area contributed by atoms with Crippen LogP contribution in [0.1, 0.15) is 41.8 Å². The van der Waals surface area contributed by atoms with Crippen molar-refractivity contribution in [3.8, 4) is 5.75 Å². The Morgan fingerprint density at radius 1 is 1.28 bits per heavy atom. The molecule has 0 amide bonds. The highest BCUT2D eigenvalue weighted by Gasteiger charge is 2.08. The van der Waals surface area contributed by atoms with Gasteiger partial charge in [0, 0.05) is 6.21 Å². The van der Waals surface area contributed by atoms with E-state index in [2.05, 4.69) is 11.9 Å². The van der Waals surface area contributed by atoms with Gasteiger partial charge in [-0.05, 0) is 67.8 Å². The number of esters is 1. The van der Waals surface area contributed by atoms with Crippen LogP contribution in [-0.4, -0.2) is 25.4 Å². The van der Waals surface area contributed by atoms with Crippen molar-refractivity contribution in [1.29, 1.82) is 0 Å². The number of hydrogen-bond acceptors (Lipinski definition) is 4. The van der Waals surface area contributed by atoms with Crippen molar-refractivity contribution in [3.05, 3.63) is 58.1 Å². The van der Waals surface area contributed by atoms with Crippen molar-refractivity contribution in [2.24, 2.45) is 4.99 Å². The summed E-state index contributed by atoms with van der Waals surface area (Å²) in [5.41, 5.74) is 3.05. The molecular formula is C20H22ClNO3. The number of hydrogen-bond donors (Lipinski definition) is 0. The number of aryl methyl sites for hydroxylation is 1. The van der Waals surface area contributed by atoms with Crippen LogP contribution in [0.15, 0.2) is 41.4 Å². The summed E-state index contributed by atoms with van der Waals surface area (Å²) in [6.07, 6.45) is 2.77. The maximum absolute atomic E-state index is 11.5. The number of nitrogens with zero attached hydrogens (tertiary/aromatic N) is 1. The standard InChI is InChI=1S/C20H22ClNO3/c1-5-14(3)25-19-9-6-15(11-17(19)21)12-22-18-8-7-16(10-13(18)2)20(23)24-4/h6-12,14H,5H2,1-4H3/t14-/m0/s1. The minimum atomic E-state index is -0.359. The molecule has 5 heteroatoms. The second-order valence-corrected chi connectivity index (χ2v) is 6.18.